The molecule has 5 nitrogen and oxygen atoms in total. The standard InChI is InChI=1S/C16H21NO4/c1-11(2)21-15-10-12(4-5-14(15)16(19)20-3)17-8-6-13(18)7-9-17/h4-5,10-11H,6-9H2,1-3H3. The van der Waals surface area contributed by atoms with Gasteiger partial charge in [0.1, 0.15) is 17.1 Å². The lowest BCUT2D eigenvalue weighted by Gasteiger charge is -2.29. The van der Waals surface area contributed by atoms with Crippen molar-refractivity contribution >= 4 is 17.4 Å². The molecule has 1 saturated heterocycles. The lowest BCUT2D eigenvalue weighted by Crippen LogP contribution is -2.33. The van der Waals surface area contributed by atoms with Crippen LogP contribution in [0.25, 0.3) is 0 Å². The first-order valence-electron chi connectivity index (χ1n) is 7.17. The van der Waals surface area contributed by atoms with Gasteiger partial charge in [0, 0.05) is 37.7 Å². The third-order valence-electron chi connectivity index (χ3n) is 3.42. The highest BCUT2D eigenvalue weighted by Gasteiger charge is 2.20. The Kier molecular flexibility index (Phi) is 4.83. The number of anilines is 1. The van der Waals surface area contributed by atoms with Gasteiger partial charge in [-0.25, -0.2) is 4.79 Å². The number of benzene rings is 1. The summed E-state index contributed by atoms with van der Waals surface area (Å²) in [6.45, 7) is 5.23. The zero-order valence-corrected chi connectivity index (χ0v) is 12.7. The highest BCUT2D eigenvalue weighted by atomic mass is 16.5. The molecule has 1 aromatic carbocycles. The number of ether oxygens (including phenoxy) is 2. The van der Waals surface area contributed by atoms with Gasteiger partial charge in [-0.15, -0.1) is 0 Å². The number of rotatable bonds is 4. The Morgan fingerprint density at radius 3 is 2.48 bits per heavy atom. The van der Waals surface area contributed by atoms with Gasteiger partial charge in [0.05, 0.1) is 13.2 Å². The van der Waals surface area contributed by atoms with Crippen LogP contribution in [0.15, 0.2) is 18.2 Å². The number of carbonyl (C=O) groups excluding carboxylic acids is 2. The highest BCUT2D eigenvalue weighted by molar-refractivity contribution is 5.93. The molecule has 0 aromatic heterocycles. The van der Waals surface area contributed by atoms with Crippen LogP contribution in [-0.2, 0) is 9.53 Å². The van der Waals surface area contributed by atoms with Gasteiger partial charge in [-0.2, -0.15) is 0 Å². The third-order valence-corrected chi connectivity index (χ3v) is 3.42. The number of nitrogens with zero attached hydrogens (tertiary/aromatic N) is 1. The summed E-state index contributed by atoms with van der Waals surface area (Å²) >= 11 is 0. The number of hydrogen-bond acceptors (Lipinski definition) is 5. The van der Waals surface area contributed by atoms with E-state index >= 15 is 0 Å². The molecule has 1 aromatic rings. The van der Waals surface area contributed by atoms with E-state index in [2.05, 4.69) is 4.90 Å². The predicted molar refractivity (Wildman–Crippen MR) is 80.0 cm³/mol. The average Bonchev–Trinajstić information content (AvgIpc) is 2.46. The SMILES string of the molecule is COC(=O)c1ccc(N2CCC(=O)CC2)cc1OC(C)C. The van der Waals surface area contributed by atoms with Crippen LogP contribution >= 0.6 is 0 Å². The van der Waals surface area contributed by atoms with Gasteiger partial charge in [0.2, 0.25) is 0 Å². The van der Waals surface area contributed by atoms with E-state index < -0.39 is 5.97 Å². The number of piperidine rings is 1. The van der Waals surface area contributed by atoms with Crippen molar-refractivity contribution in [1.82, 2.24) is 0 Å². The summed E-state index contributed by atoms with van der Waals surface area (Å²) in [6.07, 6.45) is 1.10. The quantitative estimate of drug-likeness (QED) is 0.797. The summed E-state index contributed by atoms with van der Waals surface area (Å²) in [5, 5.41) is 0. The van der Waals surface area contributed by atoms with Crippen LogP contribution < -0.4 is 9.64 Å². The van der Waals surface area contributed by atoms with Gasteiger partial charge in [0.25, 0.3) is 0 Å². The molecule has 1 aliphatic heterocycles. The number of methoxy groups -OCH3 is 1. The molecule has 1 fully saturated rings. The molecule has 21 heavy (non-hydrogen) atoms. The van der Waals surface area contributed by atoms with E-state index in [1.54, 1.807) is 6.07 Å². The van der Waals surface area contributed by atoms with Crippen LogP contribution in [0.3, 0.4) is 0 Å². The van der Waals surface area contributed by atoms with E-state index in [0.717, 1.165) is 5.69 Å². The fraction of sp³-hybridized carbons (Fsp3) is 0.500. The molecular formula is C16H21NO4. The molecule has 0 spiro atoms. The molecule has 5 heteroatoms. The summed E-state index contributed by atoms with van der Waals surface area (Å²) in [5.41, 5.74) is 1.38. The first kappa shape index (κ1) is 15.4. The van der Waals surface area contributed by atoms with Crippen LogP contribution in [0.5, 0.6) is 5.75 Å². The molecule has 0 saturated carbocycles. The molecule has 2 rings (SSSR count). The Balaban J connectivity index is 2.27. The number of ketones is 1. The van der Waals surface area contributed by atoms with E-state index in [4.69, 9.17) is 9.47 Å². The number of esters is 1. The normalized spacial score (nSPS) is 15.2. The number of Topliss-reactive ketones (excluding diaryl/α,β-unsaturated/α-hetero) is 1. The smallest absolute Gasteiger partial charge is 0.341 e. The van der Waals surface area contributed by atoms with Crippen molar-refractivity contribution in [2.75, 3.05) is 25.1 Å². The Morgan fingerprint density at radius 1 is 1.24 bits per heavy atom. The molecule has 0 radical (unpaired) electrons. The van der Waals surface area contributed by atoms with Crippen LogP contribution in [0, 0.1) is 0 Å². The molecule has 0 bridgehead atoms. The largest absolute Gasteiger partial charge is 0.490 e. The highest BCUT2D eigenvalue weighted by Crippen LogP contribution is 2.28. The molecule has 1 aliphatic rings. The third kappa shape index (κ3) is 3.74. The van der Waals surface area contributed by atoms with Crippen LogP contribution in [-0.4, -0.2) is 38.1 Å². The van der Waals surface area contributed by atoms with Gasteiger partial charge in [-0.3, -0.25) is 4.79 Å². The van der Waals surface area contributed by atoms with Crippen LogP contribution in [0.2, 0.25) is 0 Å². The summed E-state index contributed by atoms with van der Waals surface area (Å²) < 4.78 is 10.5. The maximum Gasteiger partial charge on any atom is 0.341 e. The first-order valence-corrected chi connectivity index (χ1v) is 7.17. The summed E-state index contributed by atoms with van der Waals surface area (Å²) in [7, 11) is 1.35. The van der Waals surface area contributed by atoms with Crippen LogP contribution in [0.1, 0.15) is 37.0 Å². The van der Waals surface area contributed by atoms with E-state index in [0.29, 0.717) is 43.0 Å². The van der Waals surface area contributed by atoms with Gasteiger partial charge in [-0.05, 0) is 26.0 Å². The second-order valence-electron chi connectivity index (χ2n) is 5.36. The predicted octanol–water partition coefficient (Wildman–Crippen LogP) is 2.43. The van der Waals surface area contributed by atoms with Crippen molar-refractivity contribution in [1.29, 1.82) is 0 Å². The fourth-order valence-corrected chi connectivity index (χ4v) is 2.35. The molecule has 0 N–H and O–H groups in total. The minimum Gasteiger partial charge on any atom is -0.490 e. The van der Waals surface area contributed by atoms with Crippen molar-refractivity contribution < 1.29 is 19.1 Å². The topological polar surface area (TPSA) is 55.8 Å². The molecule has 0 amide bonds. The van der Waals surface area contributed by atoms with Crippen molar-refractivity contribution in [2.24, 2.45) is 0 Å². The first-order chi connectivity index (χ1) is 10.0. The minimum absolute atomic E-state index is 0.0356. The van der Waals surface area contributed by atoms with Crippen molar-refractivity contribution in [2.45, 2.75) is 32.8 Å². The van der Waals surface area contributed by atoms with Gasteiger partial charge < -0.3 is 14.4 Å². The lowest BCUT2D eigenvalue weighted by molar-refractivity contribution is -0.119. The minimum atomic E-state index is -0.411. The fourth-order valence-electron chi connectivity index (χ4n) is 2.35. The molecule has 0 aliphatic carbocycles. The molecule has 1 heterocycles. The Morgan fingerprint density at radius 2 is 1.90 bits per heavy atom. The van der Waals surface area contributed by atoms with Crippen molar-refractivity contribution in [3.05, 3.63) is 23.8 Å². The summed E-state index contributed by atoms with van der Waals surface area (Å²) in [5.74, 6) is 0.411. The monoisotopic (exact) mass is 291 g/mol. The summed E-state index contributed by atoms with van der Waals surface area (Å²) in [4.78, 5) is 25.2. The zero-order chi connectivity index (χ0) is 15.4. The van der Waals surface area contributed by atoms with E-state index in [-0.39, 0.29) is 6.10 Å². The molecule has 0 atom stereocenters. The molecular weight excluding hydrogens is 270 g/mol. The van der Waals surface area contributed by atoms with Crippen molar-refractivity contribution in [3.63, 3.8) is 0 Å². The zero-order valence-electron chi connectivity index (χ0n) is 12.7. The van der Waals surface area contributed by atoms with Gasteiger partial charge >= 0.3 is 5.97 Å². The van der Waals surface area contributed by atoms with E-state index in [1.165, 1.54) is 7.11 Å². The molecule has 114 valence electrons. The summed E-state index contributed by atoms with van der Waals surface area (Å²) in [6, 6.07) is 5.44. The number of hydrogen-bond donors (Lipinski definition) is 0. The Hall–Kier alpha value is -2.04. The second kappa shape index (κ2) is 6.61. The number of carbonyl (C=O) groups is 2. The van der Waals surface area contributed by atoms with Crippen molar-refractivity contribution in [3.8, 4) is 5.75 Å². The molecule has 0 unspecified atom stereocenters. The maximum atomic E-state index is 11.8. The Labute approximate surface area is 124 Å². The average molecular weight is 291 g/mol. The second-order valence-corrected chi connectivity index (χ2v) is 5.36. The Bertz CT molecular complexity index is 529. The van der Waals surface area contributed by atoms with Crippen LogP contribution in [0.4, 0.5) is 5.69 Å². The lowest BCUT2D eigenvalue weighted by atomic mass is 10.1. The maximum absolute atomic E-state index is 11.8. The van der Waals surface area contributed by atoms with E-state index in [1.807, 2.05) is 26.0 Å². The van der Waals surface area contributed by atoms with Gasteiger partial charge in [0.15, 0.2) is 0 Å². The van der Waals surface area contributed by atoms with Gasteiger partial charge in [-0.1, -0.05) is 0 Å². The van der Waals surface area contributed by atoms with E-state index in [9.17, 15) is 9.59 Å².